The number of carbonyl (C=O) groups is 2. The first-order valence-electron chi connectivity index (χ1n) is 10.8. The number of carboxylic acids is 2. The summed E-state index contributed by atoms with van der Waals surface area (Å²) in [4.78, 5) is 29.7. The maximum atomic E-state index is 11.8. The van der Waals surface area contributed by atoms with Crippen LogP contribution >= 0.6 is 0 Å². The van der Waals surface area contributed by atoms with Crippen molar-refractivity contribution in [3.05, 3.63) is 35.4 Å². The van der Waals surface area contributed by atoms with E-state index in [0.29, 0.717) is 25.9 Å². The third-order valence-corrected chi connectivity index (χ3v) is 5.44. The molecule has 0 radical (unpaired) electrons. The lowest BCUT2D eigenvalue weighted by Gasteiger charge is -2.28. The van der Waals surface area contributed by atoms with E-state index >= 15 is 0 Å². The highest BCUT2D eigenvalue weighted by Gasteiger charge is 2.31. The fourth-order valence-electron chi connectivity index (χ4n) is 3.72. The summed E-state index contributed by atoms with van der Waals surface area (Å²) in [6.45, 7) is 7.20. The average molecular weight is 418 g/mol. The lowest BCUT2D eigenvalue weighted by molar-refractivity contribution is -0.143. The lowest BCUT2D eigenvalue weighted by atomic mass is 10.00. The maximum Gasteiger partial charge on any atom is 0.320 e. The Hall–Kier alpha value is -2.41. The first-order valence-corrected chi connectivity index (χ1v) is 10.8. The van der Waals surface area contributed by atoms with Crippen molar-refractivity contribution in [1.82, 2.24) is 10.2 Å². The zero-order valence-corrected chi connectivity index (χ0v) is 18.3. The molecule has 0 amide bonds. The second-order valence-electron chi connectivity index (χ2n) is 8.54. The molecule has 2 unspecified atom stereocenters. The standard InChI is InChI=1S/C23H35N3O4/c1-4-5-6-17-7-9-18(10-8-17)14-26-15-24-13-19(26)12-21(23(29)30)25-20(22(27)28)11-16(2)3/h7-10,15-16,19-21,25H,4-6,11-14H2,1-3H3,(H,27,28)(H,29,30)/t19?,20?,21-/m0/s1. The first-order chi connectivity index (χ1) is 14.3. The molecule has 3 N–H and O–H groups in total. The normalized spacial score (nSPS) is 18.0. The Balaban J connectivity index is 1.99. The Kier molecular flexibility index (Phi) is 9.30. The van der Waals surface area contributed by atoms with E-state index in [1.54, 1.807) is 6.34 Å². The van der Waals surface area contributed by atoms with Crippen LogP contribution in [0.4, 0.5) is 0 Å². The lowest BCUT2D eigenvalue weighted by Crippen LogP contribution is -2.50. The number of nitrogens with zero attached hydrogens (tertiary/aromatic N) is 2. The largest absolute Gasteiger partial charge is 0.480 e. The van der Waals surface area contributed by atoms with E-state index in [2.05, 4.69) is 46.4 Å². The smallest absolute Gasteiger partial charge is 0.320 e. The number of aliphatic imine (C=N–C) groups is 1. The van der Waals surface area contributed by atoms with Gasteiger partial charge in [-0.25, -0.2) is 0 Å². The number of carboxylic acid groups (broad SMARTS) is 2. The van der Waals surface area contributed by atoms with Gasteiger partial charge in [-0.15, -0.1) is 0 Å². The number of aliphatic carboxylic acids is 2. The molecule has 2 rings (SSSR count). The molecule has 7 nitrogen and oxygen atoms in total. The van der Waals surface area contributed by atoms with E-state index in [4.69, 9.17) is 0 Å². The molecule has 0 bridgehead atoms. The van der Waals surface area contributed by atoms with Crippen molar-refractivity contribution in [1.29, 1.82) is 0 Å². The third-order valence-electron chi connectivity index (χ3n) is 5.44. The van der Waals surface area contributed by atoms with E-state index in [1.165, 1.54) is 18.4 Å². The van der Waals surface area contributed by atoms with Gasteiger partial charge < -0.3 is 15.1 Å². The predicted octanol–water partition coefficient (Wildman–Crippen LogP) is 3.17. The Morgan fingerprint density at radius 2 is 1.77 bits per heavy atom. The van der Waals surface area contributed by atoms with Crippen LogP contribution in [0.3, 0.4) is 0 Å². The molecule has 1 aromatic rings. The molecule has 1 heterocycles. The maximum absolute atomic E-state index is 11.8. The van der Waals surface area contributed by atoms with Crippen LogP contribution in [0.25, 0.3) is 0 Å². The van der Waals surface area contributed by atoms with E-state index < -0.39 is 24.0 Å². The zero-order chi connectivity index (χ0) is 22.1. The van der Waals surface area contributed by atoms with Crippen LogP contribution in [0, 0.1) is 5.92 Å². The Morgan fingerprint density at radius 3 is 2.33 bits per heavy atom. The van der Waals surface area contributed by atoms with Crippen LogP contribution in [0.2, 0.25) is 0 Å². The van der Waals surface area contributed by atoms with Gasteiger partial charge >= 0.3 is 11.9 Å². The second kappa shape index (κ2) is 11.7. The van der Waals surface area contributed by atoms with E-state index in [-0.39, 0.29) is 12.0 Å². The summed E-state index contributed by atoms with van der Waals surface area (Å²) >= 11 is 0. The molecule has 0 aliphatic carbocycles. The van der Waals surface area contributed by atoms with Crippen LogP contribution in [0.5, 0.6) is 0 Å². The summed E-state index contributed by atoms with van der Waals surface area (Å²) in [6.07, 6.45) is 5.89. The Bertz CT molecular complexity index is 718. The molecular weight excluding hydrogens is 382 g/mol. The summed E-state index contributed by atoms with van der Waals surface area (Å²) in [5, 5.41) is 21.9. The number of benzene rings is 1. The summed E-state index contributed by atoms with van der Waals surface area (Å²) in [5.41, 5.74) is 2.48. The number of nitrogens with one attached hydrogen (secondary N) is 1. The van der Waals surface area contributed by atoms with Crippen molar-refractivity contribution >= 4 is 18.3 Å². The number of hydrogen-bond acceptors (Lipinski definition) is 5. The highest BCUT2D eigenvalue weighted by atomic mass is 16.4. The fourth-order valence-corrected chi connectivity index (χ4v) is 3.72. The van der Waals surface area contributed by atoms with Gasteiger partial charge in [-0.3, -0.25) is 19.9 Å². The SMILES string of the molecule is CCCCc1ccc(CN2C=NCC2C[C@H](NC(CC(C)C)C(=O)O)C(=O)O)cc1. The molecule has 166 valence electrons. The van der Waals surface area contributed by atoms with Gasteiger partial charge in [0.15, 0.2) is 0 Å². The molecule has 1 aromatic carbocycles. The van der Waals surface area contributed by atoms with Crippen LogP contribution < -0.4 is 5.32 Å². The van der Waals surface area contributed by atoms with Gasteiger partial charge in [0, 0.05) is 6.54 Å². The summed E-state index contributed by atoms with van der Waals surface area (Å²) < 4.78 is 0. The highest BCUT2D eigenvalue weighted by Crippen LogP contribution is 2.18. The summed E-state index contributed by atoms with van der Waals surface area (Å²) in [6, 6.07) is 6.64. The molecule has 7 heteroatoms. The van der Waals surface area contributed by atoms with Gasteiger partial charge in [0.1, 0.15) is 12.1 Å². The first kappa shape index (κ1) is 23.9. The van der Waals surface area contributed by atoms with Gasteiger partial charge in [0.05, 0.1) is 18.9 Å². The number of hydrogen-bond donors (Lipinski definition) is 3. The van der Waals surface area contributed by atoms with Crippen LogP contribution in [0.1, 0.15) is 57.6 Å². The molecule has 0 aromatic heterocycles. The third kappa shape index (κ3) is 7.44. The summed E-state index contributed by atoms with van der Waals surface area (Å²) in [7, 11) is 0. The minimum absolute atomic E-state index is 0.0770. The van der Waals surface area contributed by atoms with Crippen molar-refractivity contribution in [3.8, 4) is 0 Å². The Morgan fingerprint density at radius 1 is 1.13 bits per heavy atom. The van der Waals surface area contributed by atoms with Crippen molar-refractivity contribution in [2.75, 3.05) is 6.54 Å². The van der Waals surface area contributed by atoms with E-state index in [1.807, 2.05) is 13.8 Å². The van der Waals surface area contributed by atoms with Crippen molar-refractivity contribution in [2.24, 2.45) is 10.9 Å². The highest BCUT2D eigenvalue weighted by molar-refractivity contribution is 5.77. The van der Waals surface area contributed by atoms with E-state index in [9.17, 15) is 19.8 Å². The van der Waals surface area contributed by atoms with E-state index in [0.717, 1.165) is 12.0 Å². The minimum atomic E-state index is -1.03. The van der Waals surface area contributed by atoms with Crippen molar-refractivity contribution in [3.63, 3.8) is 0 Å². The number of rotatable bonds is 13. The molecule has 0 saturated carbocycles. The number of aryl methyl sites for hydroxylation is 1. The quantitative estimate of drug-likeness (QED) is 0.456. The molecule has 1 aliphatic heterocycles. The minimum Gasteiger partial charge on any atom is -0.480 e. The van der Waals surface area contributed by atoms with Gasteiger partial charge in [-0.2, -0.15) is 0 Å². The second-order valence-corrected chi connectivity index (χ2v) is 8.54. The molecule has 1 aliphatic rings. The van der Waals surface area contributed by atoms with Gasteiger partial charge in [0.25, 0.3) is 0 Å². The molecular formula is C23H35N3O4. The summed E-state index contributed by atoms with van der Waals surface area (Å²) in [5.74, 6) is -1.89. The monoisotopic (exact) mass is 417 g/mol. The van der Waals surface area contributed by atoms with Gasteiger partial charge in [-0.05, 0) is 42.7 Å². The molecule has 3 atom stereocenters. The molecule has 30 heavy (non-hydrogen) atoms. The van der Waals surface area contributed by atoms with Crippen LogP contribution in [0.15, 0.2) is 29.3 Å². The van der Waals surface area contributed by atoms with Crippen molar-refractivity contribution < 1.29 is 19.8 Å². The Labute approximate surface area is 179 Å². The van der Waals surface area contributed by atoms with Crippen LogP contribution in [-0.4, -0.2) is 58.1 Å². The average Bonchev–Trinajstić information content (AvgIpc) is 3.12. The van der Waals surface area contributed by atoms with Gasteiger partial charge in [0.2, 0.25) is 0 Å². The fraction of sp³-hybridized carbons (Fsp3) is 0.609. The molecule has 0 fully saturated rings. The van der Waals surface area contributed by atoms with Crippen LogP contribution in [-0.2, 0) is 22.6 Å². The topological polar surface area (TPSA) is 102 Å². The molecule has 0 saturated heterocycles. The predicted molar refractivity (Wildman–Crippen MR) is 118 cm³/mol. The van der Waals surface area contributed by atoms with Crippen molar-refractivity contribution in [2.45, 2.75) is 77.5 Å². The zero-order valence-electron chi connectivity index (χ0n) is 18.3. The number of unbranched alkanes of at least 4 members (excludes halogenated alkanes) is 1. The molecule has 0 spiro atoms. The van der Waals surface area contributed by atoms with Gasteiger partial charge in [-0.1, -0.05) is 51.5 Å².